The predicted octanol–water partition coefficient (Wildman–Crippen LogP) is 2.07. The molecule has 0 aliphatic carbocycles. The maximum absolute atomic E-state index is 3.51. The lowest BCUT2D eigenvalue weighted by molar-refractivity contribution is 0.273. The second kappa shape index (κ2) is 6.22. The molecule has 0 amide bonds. The molecule has 0 radical (unpaired) electrons. The molecule has 0 aliphatic rings. The van der Waals surface area contributed by atoms with Crippen LogP contribution in [0.3, 0.4) is 0 Å². The van der Waals surface area contributed by atoms with Crippen molar-refractivity contribution in [1.29, 1.82) is 0 Å². The van der Waals surface area contributed by atoms with Crippen molar-refractivity contribution >= 4 is 0 Å². The number of nitrogens with zero attached hydrogens (tertiary/aromatic N) is 2. The van der Waals surface area contributed by atoms with Crippen LogP contribution in [0.1, 0.15) is 30.8 Å². The third-order valence-electron chi connectivity index (χ3n) is 3.72. The van der Waals surface area contributed by atoms with Crippen LogP contribution in [0.25, 0.3) is 0 Å². The summed E-state index contributed by atoms with van der Waals surface area (Å²) >= 11 is 0. The third kappa shape index (κ3) is 3.86. The lowest BCUT2D eigenvalue weighted by Crippen LogP contribution is -2.33. The van der Waals surface area contributed by atoms with Gasteiger partial charge in [-0.2, -0.15) is 0 Å². The number of hydrogen-bond acceptors (Lipinski definition) is 2. The minimum Gasteiger partial charge on any atom is -0.352 e. The largest absolute Gasteiger partial charge is 0.352 e. The molecule has 3 nitrogen and oxygen atoms in total. The topological polar surface area (TPSA) is 20.2 Å². The monoisotopic (exact) mass is 237 g/mol. The van der Waals surface area contributed by atoms with E-state index in [9.17, 15) is 0 Å². The van der Waals surface area contributed by atoms with Crippen molar-refractivity contribution in [2.24, 2.45) is 7.05 Å². The van der Waals surface area contributed by atoms with Gasteiger partial charge >= 0.3 is 0 Å². The Morgan fingerprint density at radius 3 is 2.47 bits per heavy atom. The van der Waals surface area contributed by atoms with Crippen molar-refractivity contribution in [2.75, 3.05) is 20.1 Å². The molecule has 0 aliphatic heterocycles. The van der Waals surface area contributed by atoms with Crippen LogP contribution in [-0.2, 0) is 13.6 Å². The van der Waals surface area contributed by atoms with Gasteiger partial charge in [-0.3, -0.25) is 0 Å². The van der Waals surface area contributed by atoms with Crippen molar-refractivity contribution in [3.8, 4) is 0 Å². The van der Waals surface area contributed by atoms with E-state index in [0.717, 1.165) is 19.6 Å². The highest BCUT2D eigenvalue weighted by atomic mass is 15.1. The minimum atomic E-state index is 0.623. The number of aromatic nitrogens is 1. The van der Waals surface area contributed by atoms with Gasteiger partial charge in [-0.05, 0) is 46.4 Å². The Labute approximate surface area is 106 Å². The van der Waals surface area contributed by atoms with E-state index in [-0.39, 0.29) is 0 Å². The summed E-state index contributed by atoms with van der Waals surface area (Å²) in [4.78, 5) is 2.36. The van der Waals surface area contributed by atoms with Gasteiger partial charge in [0.15, 0.2) is 0 Å². The summed E-state index contributed by atoms with van der Waals surface area (Å²) in [5, 5.41) is 3.51. The van der Waals surface area contributed by atoms with Crippen molar-refractivity contribution in [3.63, 3.8) is 0 Å². The first kappa shape index (κ1) is 14.3. The Kier molecular flexibility index (Phi) is 5.22. The summed E-state index contributed by atoms with van der Waals surface area (Å²) in [5.74, 6) is 0. The first-order valence-corrected chi connectivity index (χ1v) is 6.46. The quantitative estimate of drug-likeness (QED) is 0.764. The summed E-state index contributed by atoms with van der Waals surface area (Å²) in [7, 11) is 4.30. The van der Waals surface area contributed by atoms with Crippen LogP contribution in [0.15, 0.2) is 6.07 Å². The van der Waals surface area contributed by atoms with E-state index in [1.54, 1.807) is 0 Å². The summed E-state index contributed by atoms with van der Waals surface area (Å²) in [5.41, 5.74) is 4.11. The van der Waals surface area contributed by atoms with Gasteiger partial charge < -0.3 is 14.8 Å². The smallest absolute Gasteiger partial charge is 0.0223 e. The van der Waals surface area contributed by atoms with Gasteiger partial charge in [-0.15, -0.1) is 0 Å². The fourth-order valence-electron chi connectivity index (χ4n) is 1.85. The molecule has 0 saturated heterocycles. The molecule has 0 fully saturated rings. The van der Waals surface area contributed by atoms with Crippen LogP contribution in [-0.4, -0.2) is 35.6 Å². The zero-order valence-electron chi connectivity index (χ0n) is 12.2. The van der Waals surface area contributed by atoms with Crippen molar-refractivity contribution < 1.29 is 0 Å². The van der Waals surface area contributed by atoms with Gasteiger partial charge in [0.25, 0.3) is 0 Å². The highest BCUT2D eigenvalue weighted by molar-refractivity contribution is 5.26. The first-order chi connectivity index (χ1) is 7.93. The van der Waals surface area contributed by atoms with E-state index in [2.05, 4.69) is 62.6 Å². The van der Waals surface area contributed by atoms with E-state index in [1.807, 2.05) is 0 Å². The molecule has 1 N–H and O–H groups in total. The molecular weight excluding hydrogens is 210 g/mol. The van der Waals surface area contributed by atoms with Crippen molar-refractivity contribution in [1.82, 2.24) is 14.8 Å². The summed E-state index contributed by atoms with van der Waals surface area (Å²) in [6.07, 6.45) is 0. The normalized spacial score (nSPS) is 11.8. The van der Waals surface area contributed by atoms with Gasteiger partial charge in [0.2, 0.25) is 0 Å². The molecule has 3 heteroatoms. The molecule has 0 bridgehead atoms. The van der Waals surface area contributed by atoms with Crippen molar-refractivity contribution in [2.45, 2.75) is 40.3 Å². The van der Waals surface area contributed by atoms with Gasteiger partial charge in [0, 0.05) is 44.1 Å². The number of likely N-dealkylation sites (N-methyl/N-ethyl adjacent to an activating group) is 1. The second-order valence-corrected chi connectivity index (χ2v) is 5.21. The van der Waals surface area contributed by atoms with Crippen LogP contribution in [0.5, 0.6) is 0 Å². The Bertz CT molecular complexity index is 353. The molecule has 0 unspecified atom stereocenters. The van der Waals surface area contributed by atoms with Crippen molar-refractivity contribution in [3.05, 3.63) is 23.0 Å². The molecule has 0 saturated carbocycles. The van der Waals surface area contributed by atoms with Gasteiger partial charge in [-0.25, -0.2) is 0 Å². The van der Waals surface area contributed by atoms with E-state index in [4.69, 9.17) is 0 Å². The number of nitrogens with one attached hydrogen (secondary N) is 1. The molecule has 0 aromatic carbocycles. The summed E-state index contributed by atoms with van der Waals surface area (Å²) in [6, 6.07) is 2.90. The summed E-state index contributed by atoms with van der Waals surface area (Å²) in [6.45, 7) is 11.9. The third-order valence-corrected chi connectivity index (χ3v) is 3.72. The first-order valence-electron chi connectivity index (χ1n) is 6.46. The molecule has 17 heavy (non-hydrogen) atoms. The average molecular weight is 237 g/mol. The molecule has 1 aromatic rings. The summed E-state index contributed by atoms with van der Waals surface area (Å²) < 4.78 is 2.25. The average Bonchev–Trinajstić information content (AvgIpc) is 2.52. The van der Waals surface area contributed by atoms with Gasteiger partial charge in [-0.1, -0.05) is 0 Å². The Hall–Kier alpha value is -0.800. The Morgan fingerprint density at radius 2 is 2.00 bits per heavy atom. The standard InChI is InChI=1S/C14H27N3/c1-11(2)16(5)8-7-15-10-14-9-12(3)17(6)13(14)4/h9,11,15H,7-8,10H2,1-6H3. The Balaban J connectivity index is 2.34. The van der Waals surface area contributed by atoms with Crippen LogP contribution in [0.4, 0.5) is 0 Å². The predicted molar refractivity (Wildman–Crippen MR) is 74.4 cm³/mol. The van der Waals surface area contributed by atoms with Gasteiger partial charge in [0.1, 0.15) is 0 Å². The zero-order chi connectivity index (χ0) is 13.0. The van der Waals surface area contributed by atoms with E-state index in [1.165, 1.54) is 17.0 Å². The van der Waals surface area contributed by atoms with E-state index >= 15 is 0 Å². The number of aryl methyl sites for hydroxylation is 1. The number of rotatable bonds is 6. The maximum atomic E-state index is 3.51. The molecule has 1 heterocycles. The number of hydrogen-bond donors (Lipinski definition) is 1. The fourth-order valence-corrected chi connectivity index (χ4v) is 1.85. The van der Waals surface area contributed by atoms with E-state index < -0.39 is 0 Å². The van der Waals surface area contributed by atoms with Gasteiger partial charge in [0.05, 0.1) is 0 Å². The molecule has 1 aromatic heterocycles. The van der Waals surface area contributed by atoms with Crippen LogP contribution < -0.4 is 5.32 Å². The zero-order valence-corrected chi connectivity index (χ0v) is 12.2. The minimum absolute atomic E-state index is 0.623. The molecule has 98 valence electrons. The molecule has 0 atom stereocenters. The highest BCUT2D eigenvalue weighted by Crippen LogP contribution is 2.12. The molecule has 1 rings (SSSR count). The van der Waals surface area contributed by atoms with Crippen LogP contribution in [0.2, 0.25) is 0 Å². The second-order valence-electron chi connectivity index (χ2n) is 5.21. The molecular formula is C14H27N3. The fraction of sp³-hybridized carbons (Fsp3) is 0.714. The van der Waals surface area contributed by atoms with E-state index in [0.29, 0.717) is 6.04 Å². The van der Waals surface area contributed by atoms with Crippen LogP contribution in [0, 0.1) is 13.8 Å². The SMILES string of the molecule is Cc1cc(CNCCN(C)C(C)C)c(C)n1C. The lowest BCUT2D eigenvalue weighted by Gasteiger charge is -2.20. The maximum Gasteiger partial charge on any atom is 0.0223 e. The Morgan fingerprint density at radius 1 is 1.35 bits per heavy atom. The lowest BCUT2D eigenvalue weighted by atomic mass is 10.2. The highest BCUT2D eigenvalue weighted by Gasteiger charge is 2.06. The van der Waals surface area contributed by atoms with Crippen LogP contribution >= 0.6 is 0 Å². The molecule has 0 spiro atoms.